The van der Waals surface area contributed by atoms with Crippen molar-refractivity contribution in [3.8, 4) is 22.8 Å². The normalized spacial score (nSPS) is 14.5. The van der Waals surface area contributed by atoms with E-state index >= 15 is 0 Å². The molecule has 0 bridgehead atoms. The first-order chi connectivity index (χ1) is 14.3. The zero-order chi connectivity index (χ0) is 21.5. The van der Waals surface area contributed by atoms with E-state index in [2.05, 4.69) is 6.58 Å². The van der Waals surface area contributed by atoms with Crippen molar-refractivity contribution in [2.75, 3.05) is 7.11 Å². The Morgan fingerprint density at radius 1 is 1.20 bits per heavy atom. The molecule has 0 unspecified atom stereocenters. The van der Waals surface area contributed by atoms with Gasteiger partial charge in [0.25, 0.3) is 0 Å². The van der Waals surface area contributed by atoms with Crippen molar-refractivity contribution in [3.63, 3.8) is 0 Å². The summed E-state index contributed by atoms with van der Waals surface area (Å²) in [4.78, 5) is 13.2. The zero-order valence-electron chi connectivity index (χ0n) is 17.6. The topological polar surface area (TPSA) is 48.7 Å². The van der Waals surface area contributed by atoms with Gasteiger partial charge in [-0.3, -0.25) is 4.79 Å². The number of fused-ring (bicyclic) bond motifs is 2. The van der Waals surface area contributed by atoms with Gasteiger partial charge >= 0.3 is 0 Å². The van der Waals surface area contributed by atoms with Crippen LogP contribution >= 0.6 is 0 Å². The minimum Gasteiger partial charge on any atom is -0.495 e. The molecule has 0 N–H and O–H groups in total. The molecule has 0 saturated carbocycles. The molecular formula is C26H24O4. The maximum absolute atomic E-state index is 13.2. The smallest absolute Gasteiger partial charge is 0.197 e. The van der Waals surface area contributed by atoms with Gasteiger partial charge in [-0.15, -0.1) is 0 Å². The molecule has 0 saturated heterocycles. The molecule has 4 heteroatoms. The first-order valence-corrected chi connectivity index (χ1v) is 9.80. The van der Waals surface area contributed by atoms with Gasteiger partial charge in [-0.1, -0.05) is 48.6 Å². The summed E-state index contributed by atoms with van der Waals surface area (Å²) in [7, 11) is 1.55. The van der Waals surface area contributed by atoms with Gasteiger partial charge in [0, 0.05) is 11.6 Å². The van der Waals surface area contributed by atoms with E-state index in [9.17, 15) is 4.79 Å². The lowest BCUT2D eigenvalue weighted by molar-refractivity contribution is 0.158. The molecule has 0 aliphatic carbocycles. The van der Waals surface area contributed by atoms with Crippen LogP contribution < -0.4 is 14.9 Å². The van der Waals surface area contributed by atoms with Crippen molar-refractivity contribution >= 4 is 23.1 Å². The molecule has 1 aromatic heterocycles. The van der Waals surface area contributed by atoms with E-state index in [1.165, 1.54) is 6.07 Å². The fraction of sp³-hybridized carbons (Fsp3) is 0.192. The van der Waals surface area contributed by atoms with Crippen molar-refractivity contribution in [3.05, 3.63) is 82.1 Å². The van der Waals surface area contributed by atoms with Gasteiger partial charge in [-0.2, -0.15) is 0 Å². The predicted octanol–water partition coefficient (Wildman–Crippen LogP) is 6.24. The number of hydrogen-bond donors (Lipinski definition) is 0. The highest BCUT2D eigenvalue weighted by molar-refractivity contribution is 5.98. The Balaban J connectivity index is 2.14. The van der Waals surface area contributed by atoms with Gasteiger partial charge in [-0.25, -0.2) is 0 Å². The second-order valence-electron chi connectivity index (χ2n) is 7.95. The first-order valence-electron chi connectivity index (χ1n) is 9.80. The number of allylic oxidation sites excluding steroid dienone is 2. The lowest BCUT2D eigenvalue weighted by atomic mass is 9.95. The molecule has 30 heavy (non-hydrogen) atoms. The molecule has 0 atom stereocenters. The summed E-state index contributed by atoms with van der Waals surface area (Å²) in [6.07, 6.45) is 7.66. The van der Waals surface area contributed by atoms with Gasteiger partial charge in [0.2, 0.25) is 0 Å². The zero-order valence-corrected chi connectivity index (χ0v) is 17.6. The molecule has 0 amide bonds. The van der Waals surface area contributed by atoms with E-state index in [1.807, 2.05) is 75.4 Å². The second kappa shape index (κ2) is 7.38. The lowest BCUT2D eigenvalue weighted by Gasteiger charge is -2.30. The van der Waals surface area contributed by atoms with Crippen LogP contribution in [0, 0.1) is 0 Å². The van der Waals surface area contributed by atoms with Crippen LogP contribution in [-0.4, -0.2) is 12.7 Å². The van der Waals surface area contributed by atoms with Gasteiger partial charge in [0.05, 0.1) is 18.2 Å². The van der Waals surface area contributed by atoms with Crippen LogP contribution in [-0.2, 0) is 0 Å². The maximum Gasteiger partial charge on any atom is 0.197 e. The molecular weight excluding hydrogens is 376 g/mol. The van der Waals surface area contributed by atoms with Crippen LogP contribution in [0.3, 0.4) is 0 Å². The Labute approximate surface area is 175 Å². The molecule has 152 valence electrons. The Bertz CT molecular complexity index is 1260. The molecule has 2 aromatic carbocycles. The van der Waals surface area contributed by atoms with Crippen LogP contribution in [0.2, 0.25) is 0 Å². The van der Waals surface area contributed by atoms with Crippen LogP contribution in [0.5, 0.6) is 11.5 Å². The van der Waals surface area contributed by atoms with Crippen LogP contribution in [0.1, 0.15) is 31.9 Å². The minimum absolute atomic E-state index is 0.169. The third kappa shape index (κ3) is 3.45. The largest absolute Gasteiger partial charge is 0.495 e. The summed E-state index contributed by atoms with van der Waals surface area (Å²) in [5.74, 6) is 1.57. The number of ether oxygens (including phenoxy) is 2. The standard InChI is InChI=1S/C26H24O4/c1-16(2)11-12-18-23-19(13-14-26(3,4)30-23)24(28-5)22-20(27)15-21(29-25(18)22)17-9-7-6-8-10-17/h6-15H,1H2,2-5H3/b12-11+. The molecule has 3 aromatic rings. The molecule has 0 radical (unpaired) electrons. The number of hydrogen-bond acceptors (Lipinski definition) is 4. The molecule has 0 fully saturated rings. The molecule has 4 rings (SSSR count). The van der Waals surface area contributed by atoms with Crippen molar-refractivity contribution < 1.29 is 13.9 Å². The van der Waals surface area contributed by atoms with Gasteiger partial charge in [-0.05, 0) is 39.0 Å². The predicted molar refractivity (Wildman–Crippen MR) is 122 cm³/mol. The third-order valence-corrected chi connectivity index (χ3v) is 4.97. The fourth-order valence-corrected chi connectivity index (χ4v) is 3.56. The van der Waals surface area contributed by atoms with E-state index in [-0.39, 0.29) is 5.43 Å². The highest BCUT2D eigenvalue weighted by atomic mass is 16.5. The van der Waals surface area contributed by atoms with Gasteiger partial charge < -0.3 is 13.9 Å². The van der Waals surface area contributed by atoms with Crippen molar-refractivity contribution in [2.45, 2.75) is 26.4 Å². The molecule has 4 nitrogen and oxygen atoms in total. The Morgan fingerprint density at radius 3 is 2.60 bits per heavy atom. The monoisotopic (exact) mass is 400 g/mol. The highest BCUT2D eigenvalue weighted by Gasteiger charge is 2.30. The van der Waals surface area contributed by atoms with Crippen molar-refractivity contribution in [1.29, 1.82) is 0 Å². The van der Waals surface area contributed by atoms with Crippen LogP contribution in [0.25, 0.3) is 34.4 Å². The molecule has 0 spiro atoms. The summed E-state index contributed by atoms with van der Waals surface area (Å²) >= 11 is 0. The Morgan fingerprint density at radius 2 is 1.93 bits per heavy atom. The molecule has 1 aliphatic heterocycles. The van der Waals surface area contributed by atoms with E-state index in [1.54, 1.807) is 7.11 Å². The summed E-state index contributed by atoms with van der Waals surface area (Å²) in [6.45, 7) is 9.81. The highest BCUT2D eigenvalue weighted by Crippen LogP contribution is 2.45. The number of methoxy groups -OCH3 is 1. The van der Waals surface area contributed by atoms with Gasteiger partial charge in [0.15, 0.2) is 11.0 Å². The average molecular weight is 400 g/mol. The summed E-state index contributed by atoms with van der Waals surface area (Å²) in [6, 6.07) is 11.1. The van der Waals surface area contributed by atoms with Crippen molar-refractivity contribution in [1.82, 2.24) is 0 Å². The first kappa shape index (κ1) is 19.8. The number of benzene rings is 2. The summed E-state index contributed by atoms with van der Waals surface area (Å²) in [5.41, 5.74) is 2.87. The van der Waals surface area contributed by atoms with Gasteiger partial charge in [0.1, 0.15) is 28.2 Å². The molecule has 2 heterocycles. The van der Waals surface area contributed by atoms with E-state index in [0.29, 0.717) is 33.8 Å². The summed E-state index contributed by atoms with van der Waals surface area (Å²) in [5, 5.41) is 0.394. The average Bonchev–Trinajstić information content (AvgIpc) is 2.71. The summed E-state index contributed by atoms with van der Waals surface area (Å²) < 4.78 is 18.3. The fourth-order valence-electron chi connectivity index (χ4n) is 3.56. The maximum atomic E-state index is 13.2. The Hall–Kier alpha value is -3.53. The SMILES string of the molecule is C=C(C)/C=C/c1c2c(c(OC)c3c(=O)cc(-c4ccccc4)oc13)C=CC(C)(C)O2. The van der Waals surface area contributed by atoms with E-state index in [4.69, 9.17) is 13.9 Å². The van der Waals surface area contributed by atoms with E-state index < -0.39 is 5.60 Å². The quantitative estimate of drug-likeness (QED) is 0.486. The lowest BCUT2D eigenvalue weighted by Crippen LogP contribution is -2.28. The van der Waals surface area contributed by atoms with Crippen molar-refractivity contribution in [2.24, 2.45) is 0 Å². The number of rotatable bonds is 4. The van der Waals surface area contributed by atoms with Crippen LogP contribution in [0.15, 0.2) is 69.9 Å². The third-order valence-electron chi connectivity index (χ3n) is 4.97. The molecule has 1 aliphatic rings. The van der Waals surface area contributed by atoms with E-state index in [0.717, 1.165) is 16.7 Å². The van der Waals surface area contributed by atoms with Crippen LogP contribution in [0.4, 0.5) is 0 Å². The minimum atomic E-state index is -0.505. The second-order valence-corrected chi connectivity index (χ2v) is 7.95. The Kier molecular flexibility index (Phi) is 4.86.